The van der Waals surface area contributed by atoms with Crippen LogP contribution < -0.4 is 0 Å². The molecule has 0 heterocycles. The molecule has 0 saturated heterocycles. The van der Waals surface area contributed by atoms with Gasteiger partial charge in [-0.15, -0.1) is 0 Å². The van der Waals surface area contributed by atoms with Crippen molar-refractivity contribution in [1.29, 1.82) is 0 Å². The maximum absolute atomic E-state index is 10.9. The molecule has 1 N–H and O–H groups in total. The van der Waals surface area contributed by atoms with Crippen LogP contribution in [-0.2, 0) is 9.53 Å². The summed E-state index contributed by atoms with van der Waals surface area (Å²) in [4.78, 5) is 10.9. The Kier molecular flexibility index (Phi) is 4.22. The summed E-state index contributed by atoms with van der Waals surface area (Å²) in [6.07, 6.45) is 5.73. The molecular formula is C10H18O3. The topological polar surface area (TPSA) is 46.5 Å². The molecule has 1 aliphatic carbocycles. The standard InChI is InChI=1S/C10H18O3/c1-13-10(12)9(11)7-8-5-3-2-4-6-8/h8-9,11H,2-7H2,1H3. The quantitative estimate of drug-likeness (QED) is 0.679. The first-order chi connectivity index (χ1) is 6.24. The fraction of sp³-hybridized carbons (Fsp3) is 0.900. The van der Waals surface area contributed by atoms with Gasteiger partial charge in [-0.3, -0.25) is 0 Å². The van der Waals surface area contributed by atoms with Crippen molar-refractivity contribution in [3.8, 4) is 0 Å². The van der Waals surface area contributed by atoms with Crippen molar-refractivity contribution >= 4 is 5.97 Å². The summed E-state index contributed by atoms with van der Waals surface area (Å²) in [6.45, 7) is 0. The molecule has 0 bridgehead atoms. The minimum atomic E-state index is -0.909. The number of carbonyl (C=O) groups excluding carboxylic acids is 1. The number of ether oxygens (including phenoxy) is 1. The summed E-state index contributed by atoms with van der Waals surface area (Å²) in [5, 5.41) is 9.40. The van der Waals surface area contributed by atoms with Gasteiger partial charge >= 0.3 is 5.97 Å². The fourth-order valence-electron chi connectivity index (χ4n) is 1.97. The Hall–Kier alpha value is -0.570. The molecule has 0 amide bonds. The lowest BCUT2D eigenvalue weighted by Gasteiger charge is -2.22. The zero-order valence-corrected chi connectivity index (χ0v) is 8.16. The predicted octanol–water partition coefficient (Wildman–Crippen LogP) is 1.49. The van der Waals surface area contributed by atoms with E-state index < -0.39 is 12.1 Å². The molecule has 0 aromatic heterocycles. The van der Waals surface area contributed by atoms with Crippen molar-refractivity contribution in [2.75, 3.05) is 7.11 Å². The average Bonchev–Trinajstić information content (AvgIpc) is 2.18. The monoisotopic (exact) mass is 186 g/mol. The molecule has 1 aliphatic rings. The predicted molar refractivity (Wildman–Crippen MR) is 49.2 cm³/mol. The highest BCUT2D eigenvalue weighted by Crippen LogP contribution is 2.27. The average molecular weight is 186 g/mol. The summed E-state index contributed by atoms with van der Waals surface area (Å²) in [6, 6.07) is 0. The zero-order chi connectivity index (χ0) is 9.68. The van der Waals surface area contributed by atoms with E-state index in [0.717, 1.165) is 12.8 Å². The van der Waals surface area contributed by atoms with Crippen LogP contribution in [0, 0.1) is 5.92 Å². The number of methoxy groups -OCH3 is 1. The summed E-state index contributed by atoms with van der Waals surface area (Å²) in [5.74, 6) is 0.0217. The van der Waals surface area contributed by atoms with Crippen LogP contribution in [0.25, 0.3) is 0 Å². The molecule has 1 atom stereocenters. The highest BCUT2D eigenvalue weighted by molar-refractivity contribution is 5.74. The molecule has 0 aliphatic heterocycles. The first-order valence-electron chi connectivity index (χ1n) is 5.00. The lowest BCUT2D eigenvalue weighted by Crippen LogP contribution is -2.25. The van der Waals surface area contributed by atoms with E-state index in [2.05, 4.69) is 4.74 Å². The van der Waals surface area contributed by atoms with Gasteiger partial charge in [0.1, 0.15) is 0 Å². The summed E-state index contributed by atoms with van der Waals surface area (Å²) in [5.41, 5.74) is 0. The minimum absolute atomic E-state index is 0.495. The number of aliphatic hydroxyl groups excluding tert-OH is 1. The number of carbonyl (C=O) groups is 1. The summed E-state index contributed by atoms with van der Waals surface area (Å²) < 4.78 is 4.46. The number of esters is 1. The van der Waals surface area contributed by atoms with Gasteiger partial charge < -0.3 is 9.84 Å². The number of rotatable bonds is 3. The van der Waals surface area contributed by atoms with E-state index >= 15 is 0 Å². The molecule has 1 saturated carbocycles. The molecule has 3 nitrogen and oxygen atoms in total. The normalized spacial score (nSPS) is 21.1. The van der Waals surface area contributed by atoms with E-state index in [0.29, 0.717) is 12.3 Å². The van der Waals surface area contributed by atoms with Gasteiger partial charge in [0.05, 0.1) is 7.11 Å². The van der Waals surface area contributed by atoms with Crippen molar-refractivity contribution in [1.82, 2.24) is 0 Å². The van der Waals surface area contributed by atoms with Crippen LogP contribution in [0.2, 0.25) is 0 Å². The van der Waals surface area contributed by atoms with Crippen LogP contribution in [-0.4, -0.2) is 24.3 Å². The molecule has 0 spiro atoms. The van der Waals surface area contributed by atoms with E-state index in [1.807, 2.05) is 0 Å². The molecule has 3 heteroatoms. The van der Waals surface area contributed by atoms with Gasteiger partial charge in [0, 0.05) is 0 Å². The lowest BCUT2D eigenvalue weighted by atomic mass is 9.85. The highest BCUT2D eigenvalue weighted by atomic mass is 16.5. The molecule has 1 rings (SSSR count). The molecule has 0 aromatic carbocycles. The van der Waals surface area contributed by atoms with Gasteiger partial charge in [-0.05, 0) is 12.3 Å². The van der Waals surface area contributed by atoms with E-state index in [9.17, 15) is 9.90 Å². The van der Waals surface area contributed by atoms with Crippen LogP contribution in [0.3, 0.4) is 0 Å². The maximum atomic E-state index is 10.9. The largest absolute Gasteiger partial charge is 0.467 e. The minimum Gasteiger partial charge on any atom is -0.467 e. The maximum Gasteiger partial charge on any atom is 0.334 e. The van der Waals surface area contributed by atoms with Crippen LogP contribution in [0.1, 0.15) is 38.5 Å². The third-order valence-electron chi connectivity index (χ3n) is 2.75. The van der Waals surface area contributed by atoms with Gasteiger partial charge in [0.15, 0.2) is 6.10 Å². The Morgan fingerprint density at radius 3 is 2.62 bits per heavy atom. The van der Waals surface area contributed by atoms with Crippen molar-refractivity contribution in [2.24, 2.45) is 5.92 Å². The van der Waals surface area contributed by atoms with Gasteiger partial charge in [0.2, 0.25) is 0 Å². The highest BCUT2D eigenvalue weighted by Gasteiger charge is 2.22. The Morgan fingerprint density at radius 1 is 1.46 bits per heavy atom. The van der Waals surface area contributed by atoms with Crippen LogP contribution in [0.4, 0.5) is 0 Å². The summed E-state index contributed by atoms with van der Waals surface area (Å²) >= 11 is 0. The Balaban J connectivity index is 2.25. The number of hydrogen-bond donors (Lipinski definition) is 1. The van der Waals surface area contributed by atoms with Crippen LogP contribution in [0.5, 0.6) is 0 Å². The second kappa shape index (κ2) is 5.22. The van der Waals surface area contributed by atoms with Gasteiger partial charge in [-0.1, -0.05) is 32.1 Å². The van der Waals surface area contributed by atoms with Gasteiger partial charge in [-0.25, -0.2) is 4.79 Å². The van der Waals surface area contributed by atoms with Gasteiger partial charge in [-0.2, -0.15) is 0 Å². The first-order valence-corrected chi connectivity index (χ1v) is 5.00. The van der Waals surface area contributed by atoms with E-state index in [1.54, 1.807) is 0 Å². The molecule has 0 radical (unpaired) electrons. The number of hydrogen-bond acceptors (Lipinski definition) is 3. The smallest absolute Gasteiger partial charge is 0.334 e. The fourth-order valence-corrected chi connectivity index (χ4v) is 1.97. The molecule has 76 valence electrons. The van der Waals surface area contributed by atoms with Crippen LogP contribution in [0.15, 0.2) is 0 Å². The first kappa shape index (κ1) is 10.5. The number of aliphatic hydroxyl groups is 1. The molecule has 1 fully saturated rings. The molecule has 0 aromatic rings. The summed E-state index contributed by atoms with van der Waals surface area (Å²) in [7, 11) is 1.31. The van der Waals surface area contributed by atoms with Gasteiger partial charge in [0.25, 0.3) is 0 Å². The van der Waals surface area contributed by atoms with E-state index in [-0.39, 0.29) is 0 Å². The second-order valence-electron chi connectivity index (χ2n) is 3.78. The van der Waals surface area contributed by atoms with Crippen molar-refractivity contribution in [3.05, 3.63) is 0 Å². The Morgan fingerprint density at radius 2 is 2.08 bits per heavy atom. The zero-order valence-electron chi connectivity index (χ0n) is 8.16. The molecule has 1 unspecified atom stereocenters. The molecule has 13 heavy (non-hydrogen) atoms. The Labute approximate surface area is 79.1 Å². The second-order valence-corrected chi connectivity index (χ2v) is 3.78. The van der Waals surface area contributed by atoms with E-state index in [1.165, 1.54) is 26.4 Å². The Bertz CT molecular complexity index is 162. The van der Waals surface area contributed by atoms with Crippen molar-refractivity contribution in [3.63, 3.8) is 0 Å². The van der Waals surface area contributed by atoms with Crippen molar-refractivity contribution < 1.29 is 14.6 Å². The van der Waals surface area contributed by atoms with E-state index in [4.69, 9.17) is 0 Å². The third-order valence-corrected chi connectivity index (χ3v) is 2.75. The molecular weight excluding hydrogens is 168 g/mol. The lowest BCUT2D eigenvalue weighted by molar-refractivity contribution is -0.151. The van der Waals surface area contributed by atoms with Crippen LogP contribution >= 0.6 is 0 Å². The SMILES string of the molecule is COC(=O)C(O)CC1CCCCC1. The van der Waals surface area contributed by atoms with Crippen molar-refractivity contribution in [2.45, 2.75) is 44.6 Å². The third kappa shape index (κ3) is 3.35.